The molecule has 3 heteroatoms. The van der Waals surface area contributed by atoms with Gasteiger partial charge in [0.1, 0.15) is 0 Å². The minimum atomic E-state index is -0.578. The SMILES string of the molecule is OCC(O)CNC1CC1. The van der Waals surface area contributed by atoms with Gasteiger partial charge in [0, 0.05) is 12.6 Å². The molecule has 0 aromatic carbocycles. The van der Waals surface area contributed by atoms with Crippen molar-refractivity contribution < 1.29 is 10.2 Å². The van der Waals surface area contributed by atoms with Gasteiger partial charge >= 0.3 is 0 Å². The molecule has 54 valence electrons. The van der Waals surface area contributed by atoms with Crippen molar-refractivity contribution in [3.63, 3.8) is 0 Å². The van der Waals surface area contributed by atoms with Gasteiger partial charge in [-0.15, -0.1) is 0 Å². The molecule has 1 aliphatic carbocycles. The smallest absolute Gasteiger partial charge is 0.0895 e. The van der Waals surface area contributed by atoms with E-state index in [1.807, 2.05) is 0 Å². The molecule has 0 radical (unpaired) electrons. The van der Waals surface area contributed by atoms with Gasteiger partial charge in [-0.2, -0.15) is 0 Å². The molecule has 0 aromatic rings. The zero-order valence-electron chi connectivity index (χ0n) is 5.38. The zero-order chi connectivity index (χ0) is 6.69. The predicted octanol–water partition coefficient (Wildman–Crippen LogP) is -0.908. The van der Waals surface area contributed by atoms with E-state index >= 15 is 0 Å². The number of aliphatic hydroxyl groups is 2. The molecule has 1 rings (SSSR count). The van der Waals surface area contributed by atoms with Crippen molar-refractivity contribution in [3.05, 3.63) is 0 Å². The number of nitrogens with one attached hydrogen (secondary N) is 1. The Morgan fingerprint density at radius 1 is 1.56 bits per heavy atom. The Kier molecular flexibility index (Phi) is 2.45. The van der Waals surface area contributed by atoms with E-state index in [-0.39, 0.29) is 6.61 Å². The second kappa shape index (κ2) is 3.15. The summed E-state index contributed by atoms with van der Waals surface area (Å²) in [7, 11) is 0. The highest BCUT2D eigenvalue weighted by Crippen LogP contribution is 2.18. The number of hydrogen-bond donors (Lipinski definition) is 3. The molecule has 0 amide bonds. The second-order valence-electron chi connectivity index (χ2n) is 2.52. The van der Waals surface area contributed by atoms with Crippen LogP contribution in [0.4, 0.5) is 0 Å². The fourth-order valence-corrected chi connectivity index (χ4v) is 0.655. The Morgan fingerprint density at radius 2 is 2.22 bits per heavy atom. The molecule has 0 aliphatic heterocycles. The predicted molar refractivity (Wildman–Crippen MR) is 34.1 cm³/mol. The van der Waals surface area contributed by atoms with Crippen molar-refractivity contribution in [2.75, 3.05) is 13.2 Å². The van der Waals surface area contributed by atoms with Gasteiger partial charge in [-0.1, -0.05) is 0 Å². The number of aliphatic hydroxyl groups excluding tert-OH is 2. The molecule has 0 bridgehead atoms. The van der Waals surface area contributed by atoms with Gasteiger partial charge in [-0.3, -0.25) is 0 Å². The minimum absolute atomic E-state index is 0.139. The largest absolute Gasteiger partial charge is 0.394 e. The van der Waals surface area contributed by atoms with Crippen molar-refractivity contribution in [3.8, 4) is 0 Å². The van der Waals surface area contributed by atoms with E-state index in [4.69, 9.17) is 10.2 Å². The molecule has 0 spiro atoms. The van der Waals surface area contributed by atoms with Crippen LogP contribution in [-0.4, -0.2) is 35.5 Å². The van der Waals surface area contributed by atoms with Crippen LogP contribution >= 0.6 is 0 Å². The summed E-state index contributed by atoms with van der Waals surface area (Å²) in [6, 6.07) is 0.617. The summed E-state index contributed by atoms with van der Waals surface area (Å²) in [4.78, 5) is 0. The molecule has 3 nitrogen and oxygen atoms in total. The van der Waals surface area contributed by atoms with Crippen LogP contribution in [0, 0.1) is 0 Å². The lowest BCUT2D eigenvalue weighted by Gasteiger charge is -2.06. The van der Waals surface area contributed by atoms with Gasteiger partial charge in [0.2, 0.25) is 0 Å². The third-order valence-electron chi connectivity index (χ3n) is 1.43. The lowest BCUT2D eigenvalue weighted by molar-refractivity contribution is 0.0942. The maximum absolute atomic E-state index is 8.82. The van der Waals surface area contributed by atoms with E-state index in [0.717, 1.165) is 0 Å². The first-order valence-corrected chi connectivity index (χ1v) is 3.35. The van der Waals surface area contributed by atoms with Gasteiger partial charge in [-0.05, 0) is 12.8 Å². The van der Waals surface area contributed by atoms with Crippen LogP contribution in [0.5, 0.6) is 0 Å². The van der Waals surface area contributed by atoms with Crippen LogP contribution in [0.15, 0.2) is 0 Å². The van der Waals surface area contributed by atoms with E-state index in [2.05, 4.69) is 5.32 Å². The quantitative estimate of drug-likeness (QED) is 0.463. The number of rotatable bonds is 4. The lowest BCUT2D eigenvalue weighted by Crippen LogP contribution is -2.30. The van der Waals surface area contributed by atoms with Gasteiger partial charge in [0.25, 0.3) is 0 Å². The monoisotopic (exact) mass is 131 g/mol. The summed E-state index contributed by atoms with van der Waals surface area (Å²) in [5, 5.41) is 20.3. The molecule has 0 saturated heterocycles. The van der Waals surface area contributed by atoms with E-state index < -0.39 is 6.10 Å². The molecule has 1 saturated carbocycles. The molecule has 1 fully saturated rings. The third-order valence-corrected chi connectivity index (χ3v) is 1.43. The summed E-state index contributed by atoms with van der Waals surface area (Å²) in [6.45, 7) is 0.390. The van der Waals surface area contributed by atoms with Crippen LogP contribution in [0.1, 0.15) is 12.8 Å². The van der Waals surface area contributed by atoms with Gasteiger partial charge in [-0.25, -0.2) is 0 Å². The van der Waals surface area contributed by atoms with Crippen LogP contribution < -0.4 is 5.32 Å². The fraction of sp³-hybridized carbons (Fsp3) is 1.00. The van der Waals surface area contributed by atoms with Gasteiger partial charge in [0.05, 0.1) is 12.7 Å². The van der Waals surface area contributed by atoms with Crippen molar-refractivity contribution >= 4 is 0 Å². The van der Waals surface area contributed by atoms with Crippen molar-refractivity contribution in [1.29, 1.82) is 0 Å². The molecule has 1 unspecified atom stereocenters. The summed E-state index contributed by atoms with van der Waals surface area (Å²) >= 11 is 0. The van der Waals surface area contributed by atoms with E-state index in [1.165, 1.54) is 12.8 Å². The van der Waals surface area contributed by atoms with E-state index in [1.54, 1.807) is 0 Å². The average Bonchev–Trinajstić information content (AvgIpc) is 2.65. The maximum atomic E-state index is 8.82. The number of hydrogen-bond acceptors (Lipinski definition) is 3. The molecular formula is C6H13NO2. The normalized spacial score (nSPS) is 22.0. The van der Waals surface area contributed by atoms with Crippen LogP contribution in [0.25, 0.3) is 0 Å². The molecule has 9 heavy (non-hydrogen) atoms. The summed E-state index contributed by atoms with van der Waals surface area (Å²) < 4.78 is 0. The molecule has 0 aromatic heterocycles. The first kappa shape index (κ1) is 6.99. The molecule has 1 atom stereocenters. The first-order chi connectivity index (χ1) is 4.33. The minimum Gasteiger partial charge on any atom is -0.394 e. The molecule has 3 N–H and O–H groups in total. The van der Waals surface area contributed by atoms with Crippen LogP contribution in [-0.2, 0) is 0 Å². The van der Waals surface area contributed by atoms with Crippen molar-refractivity contribution in [2.24, 2.45) is 0 Å². The summed E-state index contributed by atoms with van der Waals surface area (Å²) in [6.07, 6.45) is 1.86. The van der Waals surface area contributed by atoms with Gasteiger partial charge < -0.3 is 15.5 Å². The van der Waals surface area contributed by atoms with Crippen molar-refractivity contribution in [1.82, 2.24) is 5.32 Å². The highest BCUT2D eigenvalue weighted by atomic mass is 16.3. The topological polar surface area (TPSA) is 52.5 Å². The Balaban J connectivity index is 1.90. The van der Waals surface area contributed by atoms with E-state index in [0.29, 0.717) is 12.6 Å². The molecular weight excluding hydrogens is 118 g/mol. The molecule has 0 heterocycles. The highest BCUT2D eigenvalue weighted by molar-refractivity contribution is 4.81. The second-order valence-corrected chi connectivity index (χ2v) is 2.52. The Bertz CT molecular complexity index is 83.1. The fourth-order valence-electron chi connectivity index (χ4n) is 0.655. The van der Waals surface area contributed by atoms with E-state index in [9.17, 15) is 0 Å². The Morgan fingerprint density at radius 3 is 2.67 bits per heavy atom. The van der Waals surface area contributed by atoms with Crippen LogP contribution in [0.2, 0.25) is 0 Å². The lowest BCUT2D eigenvalue weighted by atomic mass is 10.4. The van der Waals surface area contributed by atoms with Gasteiger partial charge in [0.15, 0.2) is 0 Å². The summed E-state index contributed by atoms with van der Waals surface area (Å²) in [5.41, 5.74) is 0. The Hall–Kier alpha value is -0.120. The van der Waals surface area contributed by atoms with Crippen molar-refractivity contribution in [2.45, 2.75) is 25.0 Å². The maximum Gasteiger partial charge on any atom is 0.0895 e. The summed E-state index contributed by atoms with van der Waals surface area (Å²) in [5.74, 6) is 0. The first-order valence-electron chi connectivity index (χ1n) is 3.35. The average molecular weight is 131 g/mol. The standard InChI is InChI=1S/C6H13NO2/c8-4-6(9)3-7-5-1-2-5/h5-9H,1-4H2. The van der Waals surface area contributed by atoms with Crippen LogP contribution in [0.3, 0.4) is 0 Å². The Labute approximate surface area is 54.7 Å². The highest BCUT2D eigenvalue weighted by Gasteiger charge is 2.20. The zero-order valence-corrected chi connectivity index (χ0v) is 5.38. The molecule has 1 aliphatic rings. The third kappa shape index (κ3) is 2.79.